The number of fused-ring (bicyclic) bond motifs is 1. The van der Waals surface area contributed by atoms with Crippen molar-refractivity contribution in [3.05, 3.63) is 66.1 Å². The van der Waals surface area contributed by atoms with Crippen molar-refractivity contribution >= 4 is 16.7 Å². The van der Waals surface area contributed by atoms with E-state index in [2.05, 4.69) is 12.1 Å². The second kappa shape index (κ2) is 9.47. The maximum atomic E-state index is 13.0. The first-order chi connectivity index (χ1) is 14.7. The molecule has 1 saturated heterocycles. The van der Waals surface area contributed by atoms with Gasteiger partial charge in [0.15, 0.2) is 5.76 Å². The third-order valence-electron chi connectivity index (χ3n) is 5.33. The Hall–Kier alpha value is -3.30. The van der Waals surface area contributed by atoms with Crippen LogP contribution < -0.4 is 4.74 Å². The van der Waals surface area contributed by atoms with Gasteiger partial charge in [0.2, 0.25) is 0 Å². The normalized spacial score (nSPS) is 14.4. The van der Waals surface area contributed by atoms with Gasteiger partial charge in [0.1, 0.15) is 18.1 Å². The van der Waals surface area contributed by atoms with Crippen LogP contribution in [0.1, 0.15) is 35.6 Å². The molecule has 0 radical (unpaired) electrons. The van der Waals surface area contributed by atoms with Crippen LogP contribution in [0.3, 0.4) is 0 Å². The molecule has 1 aliphatic heterocycles. The fourth-order valence-corrected chi connectivity index (χ4v) is 3.74. The molecule has 6 nitrogen and oxygen atoms in total. The lowest BCUT2D eigenvalue weighted by Crippen LogP contribution is -2.43. The van der Waals surface area contributed by atoms with Gasteiger partial charge < -0.3 is 18.8 Å². The number of rotatable bonds is 7. The molecule has 0 spiro atoms. The summed E-state index contributed by atoms with van der Waals surface area (Å²) in [7, 11) is 0. The fourth-order valence-electron chi connectivity index (χ4n) is 3.74. The molecule has 30 heavy (non-hydrogen) atoms. The molecule has 0 aliphatic carbocycles. The summed E-state index contributed by atoms with van der Waals surface area (Å²) >= 11 is 0. The number of benzene rings is 2. The van der Waals surface area contributed by atoms with E-state index < -0.39 is 0 Å². The predicted molar refractivity (Wildman–Crippen MR) is 112 cm³/mol. The number of hydrogen-bond donors (Lipinski definition) is 0. The molecule has 6 heteroatoms. The van der Waals surface area contributed by atoms with Gasteiger partial charge in [0, 0.05) is 25.8 Å². The maximum Gasteiger partial charge on any atom is 0.289 e. The summed E-state index contributed by atoms with van der Waals surface area (Å²) in [5, 5.41) is 11.2. The number of furan rings is 1. The molecule has 154 valence electrons. The van der Waals surface area contributed by atoms with Gasteiger partial charge in [0.25, 0.3) is 5.91 Å². The van der Waals surface area contributed by atoms with Gasteiger partial charge in [-0.2, -0.15) is 5.26 Å². The topological polar surface area (TPSA) is 75.7 Å². The molecule has 3 aromatic rings. The van der Waals surface area contributed by atoms with Crippen LogP contribution in [0.4, 0.5) is 0 Å². The molecule has 2 heterocycles. The van der Waals surface area contributed by atoms with Crippen LogP contribution in [0.15, 0.2) is 59.0 Å². The molecule has 0 bridgehead atoms. The molecule has 1 aromatic heterocycles. The fraction of sp³-hybridized carbons (Fsp3) is 0.333. The molecule has 0 atom stereocenters. The van der Waals surface area contributed by atoms with E-state index in [0.29, 0.717) is 31.9 Å². The standard InChI is InChI=1S/C24H24N2O4/c25-12-3-13-26(20-10-14-28-15-11-20)24(27)23-9-8-22(30-23)17-29-21-7-6-18-4-1-2-5-19(18)16-21/h1-2,4-9,16,20H,3,10-11,13-15,17H2. The minimum atomic E-state index is -0.186. The molecule has 0 saturated carbocycles. The maximum absolute atomic E-state index is 13.0. The van der Waals surface area contributed by atoms with Crippen molar-refractivity contribution in [2.24, 2.45) is 0 Å². The highest BCUT2D eigenvalue weighted by Crippen LogP contribution is 2.23. The Morgan fingerprint density at radius 3 is 2.70 bits per heavy atom. The first-order valence-electron chi connectivity index (χ1n) is 10.2. The molecule has 1 fully saturated rings. The van der Waals surface area contributed by atoms with Gasteiger partial charge >= 0.3 is 0 Å². The van der Waals surface area contributed by atoms with Crippen LogP contribution in [0, 0.1) is 11.3 Å². The number of amides is 1. The number of hydrogen-bond acceptors (Lipinski definition) is 5. The van der Waals surface area contributed by atoms with Crippen molar-refractivity contribution in [3.63, 3.8) is 0 Å². The molecular formula is C24H24N2O4. The van der Waals surface area contributed by atoms with Crippen molar-refractivity contribution in [3.8, 4) is 11.8 Å². The van der Waals surface area contributed by atoms with Crippen LogP contribution in [-0.2, 0) is 11.3 Å². The smallest absolute Gasteiger partial charge is 0.289 e. The summed E-state index contributed by atoms with van der Waals surface area (Å²) in [5.41, 5.74) is 0. The number of nitrogens with zero attached hydrogens (tertiary/aromatic N) is 2. The van der Waals surface area contributed by atoms with Gasteiger partial charge in [-0.1, -0.05) is 30.3 Å². The average Bonchev–Trinajstić information content (AvgIpc) is 3.27. The summed E-state index contributed by atoms with van der Waals surface area (Å²) in [4.78, 5) is 14.8. The van der Waals surface area contributed by atoms with Crippen molar-refractivity contribution < 1.29 is 18.7 Å². The van der Waals surface area contributed by atoms with Crippen LogP contribution in [0.25, 0.3) is 10.8 Å². The molecule has 0 N–H and O–H groups in total. The summed E-state index contributed by atoms with van der Waals surface area (Å²) in [6.07, 6.45) is 1.84. The zero-order chi connectivity index (χ0) is 20.8. The number of ether oxygens (including phenoxy) is 2. The molecule has 0 unspecified atom stereocenters. The van der Waals surface area contributed by atoms with E-state index in [1.54, 1.807) is 17.0 Å². The summed E-state index contributed by atoms with van der Waals surface area (Å²) < 4.78 is 17.0. The minimum absolute atomic E-state index is 0.0713. The second-order valence-electron chi connectivity index (χ2n) is 7.31. The Balaban J connectivity index is 1.42. The third kappa shape index (κ3) is 4.64. The third-order valence-corrected chi connectivity index (χ3v) is 5.33. The van der Waals surface area contributed by atoms with Crippen molar-refractivity contribution in [1.29, 1.82) is 5.26 Å². The lowest BCUT2D eigenvalue weighted by atomic mass is 10.1. The number of carbonyl (C=O) groups is 1. The largest absolute Gasteiger partial charge is 0.486 e. The van der Waals surface area contributed by atoms with E-state index in [1.165, 1.54) is 0 Å². The quantitative estimate of drug-likeness (QED) is 0.578. The number of carbonyl (C=O) groups excluding carboxylic acids is 1. The van der Waals surface area contributed by atoms with Crippen LogP contribution in [0.2, 0.25) is 0 Å². The van der Waals surface area contributed by atoms with E-state index in [0.717, 1.165) is 29.4 Å². The van der Waals surface area contributed by atoms with Crippen molar-refractivity contribution in [1.82, 2.24) is 4.90 Å². The average molecular weight is 404 g/mol. The van der Waals surface area contributed by atoms with Crippen molar-refractivity contribution in [2.75, 3.05) is 19.8 Å². The summed E-state index contributed by atoms with van der Waals surface area (Å²) in [6, 6.07) is 19.7. The van der Waals surface area contributed by atoms with Gasteiger partial charge in [-0.3, -0.25) is 4.79 Å². The Kier molecular flexibility index (Phi) is 6.31. The number of nitriles is 1. The molecule has 1 aliphatic rings. The van der Waals surface area contributed by atoms with E-state index >= 15 is 0 Å². The Morgan fingerprint density at radius 2 is 1.90 bits per heavy atom. The van der Waals surface area contributed by atoms with E-state index in [9.17, 15) is 4.79 Å². The highest BCUT2D eigenvalue weighted by Gasteiger charge is 2.28. The van der Waals surface area contributed by atoms with Gasteiger partial charge in [0.05, 0.1) is 12.5 Å². The zero-order valence-corrected chi connectivity index (χ0v) is 16.8. The van der Waals surface area contributed by atoms with E-state index in [4.69, 9.17) is 19.2 Å². The first-order valence-corrected chi connectivity index (χ1v) is 10.2. The lowest BCUT2D eigenvalue weighted by molar-refractivity contribution is 0.0277. The molecular weight excluding hydrogens is 380 g/mol. The van der Waals surface area contributed by atoms with Crippen LogP contribution in [-0.4, -0.2) is 36.6 Å². The lowest BCUT2D eigenvalue weighted by Gasteiger charge is -2.33. The van der Waals surface area contributed by atoms with E-state index in [1.807, 2.05) is 36.4 Å². The minimum Gasteiger partial charge on any atom is -0.486 e. The zero-order valence-electron chi connectivity index (χ0n) is 16.8. The monoisotopic (exact) mass is 404 g/mol. The highest BCUT2D eigenvalue weighted by atomic mass is 16.5. The second-order valence-corrected chi connectivity index (χ2v) is 7.31. The first kappa shape index (κ1) is 20.0. The predicted octanol–water partition coefficient (Wildman–Crippen LogP) is 4.55. The summed E-state index contributed by atoms with van der Waals surface area (Å²) in [5.74, 6) is 1.42. The van der Waals surface area contributed by atoms with Gasteiger partial charge in [-0.25, -0.2) is 0 Å². The van der Waals surface area contributed by atoms with Gasteiger partial charge in [-0.15, -0.1) is 0 Å². The highest BCUT2D eigenvalue weighted by molar-refractivity contribution is 5.91. The van der Waals surface area contributed by atoms with Crippen LogP contribution >= 0.6 is 0 Å². The molecule has 2 aromatic carbocycles. The van der Waals surface area contributed by atoms with Crippen molar-refractivity contribution in [2.45, 2.75) is 31.9 Å². The molecule has 4 rings (SSSR count). The van der Waals surface area contributed by atoms with E-state index in [-0.39, 0.29) is 24.3 Å². The Labute approximate surface area is 175 Å². The SMILES string of the molecule is N#CCCN(C(=O)c1ccc(COc2ccc3ccccc3c2)o1)C1CCOCC1. The Bertz CT molecular complexity index is 1050. The van der Waals surface area contributed by atoms with Crippen LogP contribution in [0.5, 0.6) is 5.75 Å². The molecule has 1 amide bonds. The summed E-state index contributed by atoms with van der Waals surface area (Å²) in [6.45, 7) is 1.89. The van der Waals surface area contributed by atoms with Gasteiger partial charge in [-0.05, 0) is 47.9 Å². The Morgan fingerprint density at radius 1 is 1.10 bits per heavy atom.